The molecule has 0 saturated heterocycles. The number of carbonyl (C=O) groups excluding carboxylic acids is 1. The molecule has 1 N–H and O–H groups in total. The van der Waals surface area contributed by atoms with Gasteiger partial charge in [0.05, 0.1) is 20.8 Å². The highest BCUT2D eigenvalue weighted by Crippen LogP contribution is 2.18. The quantitative estimate of drug-likeness (QED) is 0.769. The second-order valence-electron chi connectivity index (χ2n) is 3.46. The maximum Gasteiger partial charge on any atom is 0.319 e. The van der Waals surface area contributed by atoms with E-state index in [1.807, 2.05) is 31.2 Å². The summed E-state index contributed by atoms with van der Waals surface area (Å²) in [4.78, 5) is 11.0. The molecule has 0 fully saturated rings. The van der Waals surface area contributed by atoms with Gasteiger partial charge in [0.2, 0.25) is 0 Å². The van der Waals surface area contributed by atoms with Crippen LogP contribution in [0.15, 0.2) is 24.3 Å². The molecular formula is C12H17NO3. The third-order valence-corrected chi connectivity index (χ3v) is 2.37. The molecule has 0 heterocycles. The van der Waals surface area contributed by atoms with E-state index in [9.17, 15) is 4.79 Å². The molecule has 0 aliphatic heterocycles. The largest absolute Gasteiger partial charge is 0.497 e. The zero-order chi connectivity index (χ0) is 12.0. The van der Waals surface area contributed by atoms with E-state index in [4.69, 9.17) is 4.74 Å². The predicted octanol–water partition coefficient (Wildman–Crippen LogP) is 1.52. The van der Waals surface area contributed by atoms with E-state index in [1.165, 1.54) is 7.11 Å². The van der Waals surface area contributed by atoms with E-state index in [-0.39, 0.29) is 18.6 Å². The van der Waals surface area contributed by atoms with Gasteiger partial charge in [0.15, 0.2) is 0 Å². The Morgan fingerprint density at radius 3 is 2.81 bits per heavy atom. The Kier molecular flexibility index (Phi) is 4.79. The summed E-state index contributed by atoms with van der Waals surface area (Å²) in [6.07, 6.45) is 0. The molecule has 1 aromatic carbocycles. The average Bonchev–Trinajstić information content (AvgIpc) is 2.35. The van der Waals surface area contributed by atoms with Crippen molar-refractivity contribution in [1.82, 2.24) is 5.32 Å². The molecule has 16 heavy (non-hydrogen) atoms. The molecule has 0 aromatic heterocycles. The lowest BCUT2D eigenvalue weighted by Crippen LogP contribution is -2.26. The number of ether oxygens (including phenoxy) is 2. The fraction of sp³-hybridized carbons (Fsp3) is 0.417. The Labute approximate surface area is 95.6 Å². The predicted molar refractivity (Wildman–Crippen MR) is 61.4 cm³/mol. The Morgan fingerprint density at radius 2 is 2.19 bits per heavy atom. The van der Waals surface area contributed by atoms with Gasteiger partial charge in [-0.3, -0.25) is 4.79 Å². The molecular weight excluding hydrogens is 206 g/mol. The fourth-order valence-electron chi connectivity index (χ4n) is 1.34. The third kappa shape index (κ3) is 3.55. The van der Waals surface area contributed by atoms with Crippen molar-refractivity contribution < 1.29 is 14.3 Å². The van der Waals surface area contributed by atoms with Crippen molar-refractivity contribution in [3.8, 4) is 5.75 Å². The van der Waals surface area contributed by atoms with Crippen molar-refractivity contribution in [2.45, 2.75) is 13.0 Å². The maximum absolute atomic E-state index is 11.0. The van der Waals surface area contributed by atoms with Gasteiger partial charge in [-0.25, -0.2) is 0 Å². The molecule has 0 bridgehead atoms. The molecule has 4 nitrogen and oxygen atoms in total. The summed E-state index contributed by atoms with van der Waals surface area (Å²) in [5.41, 5.74) is 1.07. The Balaban J connectivity index is 2.58. The summed E-state index contributed by atoms with van der Waals surface area (Å²) in [5, 5.41) is 3.07. The number of esters is 1. The van der Waals surface area contributed by atoms with Gasteiger partial charge < -0.3 is 14.8 Å². The minimum atomic E-state index is -0.269. The number of methoxy groups -OCH3 is 2. The molecule has 1 rings (SSSR count). The monoisotopic (exact) mass is 223 g/mol. The summed E-state index contributed by atoms with van der Waals surface area (Å²) in [7, 11) is 3.01. The highest BCUT2D eigenvalue weighted by atomic mass is 16.5. The number of hydrogen-bond acceptors (Lipinski definition) is 4. The second kappa shape index (κ2) is 6.12. The fourth-order valence-corrected chi connectivity index (χ4v) is 1.34. The number of rotatable bonds is 5. The van der Waals surface area contributed by atoms with Gasteiger partial charge in [0, 0.05) is 6.04 Å². The molecule has 0 unspecified atom stereocenters. The molecule has 1 aromatic rings. The van der Waals surface area contributed by atoms with Crippen LogP contribution in [0.5, 0.6) is 5.75 Å². The lowest BCUT2D eigenvalue weighted by molar-refractivity contribution is -0.139. The van der Waals surface area contributed by atoms with E-state index in [0.717, 1.165) is 11.3 Å². The minimum absolute atomic E-state index is 0.0780. The van der Waals surface area contributed by atoms with E-state index < -0.39 is 0 Å². The molecule has 0 aliphatic rings. The molecule has 0 aliphatic carbocycles. The zero-order valence-corrected chi connectivity index (χ0v) is 9.82. The lowest BCUT2D eigenvalue weighted by Gasteiger charge is -2.14. The zero-order valence-electron chi connectivity index (χ0n) is 9.82. The number of nitrogens with one attached hydrogen (secondary N) is 1. The first-order chi connectivity index (χ1) is 7.67. The van der Waals surface area contributed by atoms with Crippen molar-refractivity contribution in [3.05, 3.63) is 29.8 Å². The van der Waals surface area contributed by atoms with Crippen LogP contribution in [-0.2, 0) is 9.53 Å². The van der Waals surface area contributed by atoms with Crippen LogP contribution in [-0.4, -0.2) is 26.7 Å². The van der Waals surface area contributed by atoms with Gasteiger partial charge in [-0.2, -0.15) is 0 Å². The van der Waals surface area contributed by atoms with Gasteiger partial charge >= 0.3 is 5.97 Å². The van der Waals surface area contributed by atoms with Gasteiger partial charge in [0.25, 0.3) is 0 Å². The van der Waals surface area contributed by atoms with Crippen LogP contribution < -0.4 is 10.1 Å². The van der Waals surface area contributed by atoms with E-state index >= 15 is 0 Å². The van der Waals surface area contributed by atoms with Gasteiger partial charge in [-0.05, 0) is 24.6 Å². The van der Waals surface area contributed by atoms with Gasteiger partial charge in [0.1, 0.15) is 5.75 Å². The standard InChI is InChI=1S/C12H17NO3/c1-9(13-8-12(14)16-3)10-5-4-6-11(7-10)15-2/h4-7,9,13H,8H2,1-3H3/t9-/m0/s1. The van der Waals surface area contributed by atoms with Gasteiger partial charge in [-0.1, -0.05) is 12.1 Å². The van der Waals surface area contributed by atoms with Gasteiger partial charge in [-0.15, -0.1) is 0 Å². The van der Waals surface area contributed by atoms with Crippen LogP contribution >= 0.6 is 0 Å². The molecule has 0 spiro atoms. The van der Waals surface area contributed by atoms with E-state index in [1.54, 1.807) is 7.11 Å². The van der Waals surface area contributed by atoms with Crippen molar-refractivity contribution in [3.63, 3.8) is 0 Å². The topological polar surface area (TPSA) is 47.6 Å². The highest BCUT2D eigenvalue weighted by molar-refractivity contribution is 5.71. The normalized spacial score (nSPS) is 11.9. The summed E-state index contributed by atoms with van der Waals surface area (Å²) in [5.74, 6) is 0.541. The van der Waals surface area contributed by atoms with Crippen molar-refractivity contribution in [2.24, 2.45) is 0 Å². The molecule has 0 radical (unpaired) electrons. The molecule has 88 valence electrons. The first-order valence-corrected chi connectivity index (χ1v) is 5.11. The summed E-state index contributed by atoms with van der Waals surface area (Å²) in [6.45, 7) is 2.19. The number of benzene rings is 1. The molecule has 4 heteroatoms. The van der Waals surface area contributed by atoms with Crippen molar-refractivity contribution in [1.29, 1.82) is 0 Å². The SMILES string of the molecule is COC(=O)CN[C@@H](C)c1cccc(OC)c1. The van der Waals surface area contributed by atoms with Crippen LogP contribution in [0.2, 0.25) is 0 Å². The summed E-state index contributed by atoms with van der Waals surface area (Å²) >= 11 is 0. The first kappa shape index (κ1) is 12.5. The van der Waals surface area contributed by atoms with E-state index in [0.29, 0.717) is 0 Å². The Morgan fingerprint density at radius 1 is 1.44 bits per heavy atom. The molecule has 1 atom stereocenters. The number of carbonyl (C=O) groups is 1. The summed E-state index contributed by atoms with van der Waals surface area (Å²) in [6, 6.07) is 7.81. The third-order valence-electron chi connectivity index (χ3n) is 2.37. The van der Waals surface area contributed by atoms with Crippen molar-refractivity contribution >= 4 is 5.97 Å². The molecule has 0 saturated carbocycles. The smallest absolute Gasteiger partial charge is 0.319 e. The average molecular weight is 223 g/mol. The lowest BCUT2D eigenvalue weighted by atomic mass is 10.1. The molecule has 0 amide bonds. The Hall–Kier alpha value is -1.55. The van der Waals surface area contributed by atoms with Crippen LogP contribution in [0.1, 0.15) is 18.5 Å². The van der Waals surface area contributed by atoms with Crippen LogP contribution in [0.25, 0.3) is 0 Å². The van der Waals surface area contributed by atoms with E-state index in [2.05, 4.69) is 10.1 Å². The Bertz CT molecular complexity index is 352. The minimum Gasteiger partial charge on any atom is -0.497 e. The number of hydrogen-bond donors (Lipinski definition) is 1. The van der Waals surface area contributed by atoms with Crippen molar-refractivity contribution in [2.75, 3.05) is 20.8 Å². The second-order valence-corrected chi connectivity index (χ2v) is 3.46. The van der Waals surface area contributed by atoms with Crippen LogP contribution in [0.4, 0.5) is 0 Å². The highest BCUT2D eigenvalue weighted by Gasteiger charge is 2.08. The summed E-state index contributed by atoms with van der Waals surface area (Å²) < 4.78 is 9.69. The van der Waals surface area contributed by atoms with Crippen LogP contribution in [0, 0.1) is 0 Å². The van der Waals surface area contributed by atoms with Crippen LogP contribution in [0.3, 0.4) is 0 Å². The first-order valence-electron chi connectivity index (χ1n) is 5.11. The maximum atomic E-state index is 11.0.